The molecule has 1 fully saturated rings. The van der Waals surface area contributed by atoms with E-state index in [4.69, 9.17) is 0 Å². The van der Waals surface area contributed by atoms with Gasteiger partial charge in [0.1, 0.15) is 5.82 Å². The van der Waals surface area contributed by atoms with Gasteiger partial charge in [0.05, 0.1) is 0 Å². The average molecular weight is 315 g/mol. The van der Waals surface area contributed by atoms with Crippen LogP contribution in [0.25, 0.3) is 0 Å². The van der Waals surface area contributed by atoms with E-state index in [0.29, 0.717) is 5.56 Å². The Labute approximate surface area is 114 Å². The van der Waals surface area contributed by atoms with E-state index < -0.39 is 0 Å². The monoisotopic (exact) mass is 314 g/mol. The summed E-state index contributed by atoms with van der Waals surface area (Å²) in [5.41, 5.74) is 0.506. The highest BCUT2D eigenvalue weighted by Gasteiger charge is 2.20. The van der Waals surface area contributed by atoms with Crippen LogP contribution < -0.4 is 10.6 Å². The molecule has 3 nitrogen and oxygen atoms in total. The van der Waals surface area contributed by atoms with Crippen molar-refractivity contribution in [3.05, 3.63) is 34.1 Å². The van der Waals surface area contributed by atoms with Gasteiger partial charge in [0, 0.05) is 22.5 Å². The molecule has 1 aliphatic heterocycles. The van der Waals surface area contributed by atoms with Crippen molar-refractivity contribution in [2.24, 2.45) is 5.92 Å². The Morgan fingerprint density at radius 2 is 2.17 bits per heavy atom. The van der Waals surface area contributed by atoms with Gasteiger partial charge in [-0.2, -0.15) is 0 Å². The van der Waals surface area contributed by atoms with Crippen LogP contribution >= 0.6 is 15.9 Å². The number of piperidine rings is 1. The molecule has 1 amide bonds. The zero-order chi connectivity index (χ0) is 13.0. The number of rotatable bonds is 3. The molecule has 0 radical (unpaired) electrons. The Kier molecular flexibility index (Phi) is 4.72. The lowest BCUT2D eigenvalue weighted by atomic mass is 9.97. The van der Waals surface area contributed by atoms with Crippen LogP contribution in [0.4, 0.5) is 4.39 Å². The molecule has 0 aliphatic carbocycles. The largest absolute Gasteiger partial charge is 0.352 e. The maximum absolute atomic E-state index is 13.5. The summed E-state index contributed by atoms with van der Waals surface area (Å²) in [5.74, 6) is -0.207. The first kappa shape index (κ1) is 13.5. The number of carbonyl (C=O) groups is 1. The molecule has 1 aromatic carbocycles. The summed E-state index contributed by atoms with van der Waals surface area (Å²) in [7, 11) is 0. The van der Waals surface area contributed by atoms with Gasteiger partial charge in [-0.1, -0.05) is 15.9 Å². The fraction of sp³-hybridized carbons (Fsp3) is 0.462. The molecule has 1 aromatic rings. The van der Waals surface area contributed by atoms with E-state index >= 15 is 0 Å². The maximum Gasteiger partial charge on any atom is 0.223 e. The second-order valence-electron chi connectivity index (χ2n) is 4.48. The summed E-state index contributed by atoms with van der Waals surface area (Å²) < 4.78 is 14.3. The Morgan fingerprint density at radius 3 is 2.89 bits per heavy atom. The van der Waals surface area contributed by atoms with Gasteiger partial charge >= 0.3 is 0 Å². The van der Waals surface area contributed by atoms with E-state index in [-0.39, 0.29) is 24.2 Å². The van der Waals surface area contributed by atoms with Gasteiger partial charge in [0.15, 0.2) is 0 Å². The van der Waals surface area contributed by atoms with E-state index in [1.165, 1.54) is 6.07 Å². The van der Waals surface area contributed by atoms with Crippen LogP contribution in [-0.4, -0.2) is 19.0 Å². The summed E-state index contributed by atoms with van der Waals surface area (Å²) in [6.07, 6.45) is 1.71. The minimum absolute atomic E-state index is 0.0240. The van der Waals surface area contributed by atoms with Gasteiger partial charge in [-0.05, 0) is 44.1 Å². The van der Waals surface area contributed by atoms with Gasteiger partial charge in [0.2, 0.25) is 5.91 Å². The number of benzene rings is 1. The third kappa shape index (κ3) is 3.53. The van der Waals surface area contributed by atoms with Crippen LogP contribution in [0, 0.1) is 11.7 Å². The first-order chi connectivity index (χ1) is 8.66. The van der Waals surface area contributed by atoms with Gasteiger partial charge in [-0.25, -0.2) is 4.39 Å². The molecule has 1 aliphatic rings. The topological polar surface area (TPSA) is 41.1 Å². The SMILES string of the molecule is O=C(NCc1cc(Br)ccc1F)C1CCNCC1. The second kappa shape index (κ2) is 6.29. The molecule has 0 spiro atoms. The maximum atomic E-state index is 13.5. The number of hydrogen-bond donors (Lipinski definition) is 2. The fourth-order valence-electron chi connectivity index (χ4n) is 2.09. The molecule has 0 bridgehead atoms. The van der Waals surface area contributed by atoms with Crippen LogP contribution in [0.3, 0.4) is 0 Å². The molecule has 2 N–H and O–H groups in total. The van der Waals surface area contributed by atoms with Gasteiger partial charge < -0.3 is 10.6 Å². The summed E-state index contributed by atoms with van der Waals surface area (Å²) in [6.45, 7) is 2.00. The van der Waals surface area contributed by atoms with Crippen molar-refractivity contribution < 1.29 is 9.18 Å². The quantitative estimate of drug-likeness (QED) is 0.898. The lowest BCUT2D eigenvalue weighted by Gasteiger charge is -2.21. The molecule has 0 aromatic heterocycles. The van der Waals surface area contributed by atoms with Crippen molar-refractivity contribution in [2.75, 3.05) is 13.1 Å². The first-order valence-electron chi connectivity index (χ1n) is 6.09. The fourth-order valence-corrected chi connectivity index (χ4v) is 2.50. The van der Waals surface area contributed by atoms with Crippen molar-refractivity contribution in [1.29, 1.82) is 0 Å². The standard InChI is InChI=1S/C13H16BrFN2O/c14-11-1-2-12(15)10(7-11)8-17-13(18)9-3-5-16-6-4-9/h1-2,7,9,16H,3-6,8H2,(H,17,18). The smallest absolute Gasteiger partial charge is 0.223 e. The normalized spacial score (nSPS) is 16.6. The molecular weight excluding hydrogens is 299 g/mol. The Balaban J connectivity index is 1.90. The summed E-state index contributed by atoms with van der Waals surface area (Å²) >= 11 is 3.29. The zero-order valence-corrected chi connectivity index (χ0v) is 11.6. The molecule has 1 heterocycles. The third-order valence-corrected chi connectivity index (χ3v) is 3.66. The lowest BCUT2D eigenvalue weighted by molar-refractivity contribution is -0.125. The first-order valence-corrected chi connectivity index (χ1v) is 6.88. The van der Waals surface area contributed by atoms with E-state index in [9.17, 15) is 9.18 Å². The Hall–Kier alpha value is -0.940. The van der Waals surface area contributed by atoms with Crippen molar-refractivity contribution >= 4 is 21.8 Å². The highest BCUT2D eigenvalue weighted by atomic mass is 79.9. The van der Waals surface area contributed by atoms with E-state index in [1.54, 1.807) is 12.1 Å². The highest BCUT2D eigenvalue weighted by Crippen LogP contribution is 2.16. The molecule has 1 saturated heterocycles. The van der Waals surface area contributed by atoms with Gasteiger partial charge in [0.25, 0.3) is 0 Å². The van der Waals surface area contributed by atoms with Crippen molar-refractivity contribution in [3.8, 4) is 0 Å². The molecule has 0 unspecified atom stereocenters. The lowest BCUT2D eigenvalue weighted by Crippen LogP contribution is -2.37. The van der Waals surface area contributed by atoms with Crippen molar-refractivity contribution in [2.45, 2.75) is 19.4 Å². The van der Waals surface area contributed by atoms with Crippen LogP contribution in [-0.2, 0) is 11.3 Å². The number of halogens is 2. The molecule has 0 atom stereocenters. The van der Waals surface area contributed by atoms with Crippen molar-refractivity contribution in [3.63, 3.8) is 0 Å². The molecule has 5 heteroatoms. The number of amides is 1. The van der Waals surface area contributed by atoms with Gasteiger partial charge in [-0.3, -0.25) is 4.79 Å². The summed E-state index contributed by atoms with van der Waals surface area (Å²) in [5, 5.41) is 6.02. The predicted octanol–water partition coefficient (Wildman–Crippen LogP) is 2.20. The van der Waals surface area contributed by atoms with Crippen LogP contribution in [0.15, 0.2) is 22.7 Å². The van der Waals surface area contributed by atoms with Crippen LogP contribution in [0.1, 0.15) is 18.4 Å². The van der Waals surface area contributed by atoms with Crippen LogP contribution in [0.2, 0.25) is 0 Å². The van der Waals surface area contributed by atoms with E-state index in [2.05, 4.69) is 26.6 Å². The van der Waals surface area contributed by atoms with Crippen molar-refractivity contribution in [1.82, 2.24) is 10.6 Å². The Bertz CT molecular complexity index is 433. The molecule has 18 heavy (non-hydrogen) atoms. The Morgan fingerprint density at radius 1 is 1.44 bits per heavy atom. The average Bonchev–Trinajstić information content (AvgIpc) is 2.40. The summed E-state index contributed by atoms with van der Waals surface area (Å²) in [4.78, 5) is 11.9. The predicted molar refractivity (Wildman–Crippen MR) is 71.5 cm³/mol. The van der Waals surface area contributed by atoms with E-state index in [1.807, 2.05) is 0 Å². The molecule has 98 valence electrons. The number of carbonyl (C=O) groups excluding carboxylic acids is 1. The molecular formula is C13H16BrFN2O. The number of hydrogen-bond acceptors (Lipinski definition) is 2. The molecule has 0 saturated carbocycles. The second-order valence-corrected chi connectivity index (χ2v) is 5.39. The van der Waals surface area contributed by atoms with Crippen LogP contribution in [0.5, 0.6) is 0 Å². The van der Waals surface area contributed by atoms with E-state index in [0.717, 1.165) is 30.4 Å². The third-order valence-electron chi connectivity index (χ3n) is 3.17. The summed E-state index contributed by atoms with van der Waals surface area (Å²) in [6, 6.07) is 4.74. The molecule has 2 rings (SSSR count). The highest BCUT2D eigenvalue weighted by molar-refractivity contribution is 9.10. The minimum Gasteiger partial charge on any atom is -0.352 e. The zero-order valence-electron chi connectivity index (χ0n) is 10.0. The van der Waals surface area contributed by atoms with Gasteiger partial charge in [-0.15, -0.1) is 0 Å². The number of nitrogens with one attached hydrogen (secondary N) is 2. The minimum atomic E-state index is -0.288.